The largest absolute Gasteiger partial charge is 0.438 e. The SMILES string of the molecule is O=C(N[C@H]1CCS(=O)(=O)C1)O[C@@H]1CCN2Cc3ccccc3N=C12. The zero-order valence-corrected chi connectivity index (χ0v) is 14.0. The third kappa shape index (κ3) is 2.98. The fourth-order valence-corrected chi connectivity index (χ4v) is 5.13. The minimum atomic E-state index is -3.02. The second-order valence-corrected chi connectivity index (χ2v) is 8.68. The molecule has 0 radical (unpaired) electrons. The number of rotatable bonds is 2. The minimum absolute atomic E-state index is 0.00673. The molecule has 2 atom stereocenters. The molecule has 0 aliphatic carbocycles. The number of benzene rings is 1. The first kappa shape index (κ1) is 15.4. The van der Waals surface area contributed by atoms with Crippen LogP contribution in [0.15, 0.2) is 29.3 Å². The van der Waals surface area contributed by atoms with E-state index in [4.69, 9.17) is 4.74 Å². The summed E-state index contributed by atoms with van der Waals surface area (Å²) >= 11 is 0. The molecule has 2 saturated heterocycles. The molecule has 8 heteroatoms. The average Bonchev–Trinajstić information content (AvgIpc) is 3.08. The van der Waals surface area contributed by atoms with Gasteiger partial charge >= 0.3 is 6.09 Å². The van der Waals surface area contributed by atoms with Crippen LogP contribution < -0.4 is 5.32 Å². The topological polar surface area (TPSA) is 88.1 Å². The van der Waals surface area contributed by atoms with Crippen LogP contribution in [0.25, 0.3) is 0 Å². The number of para-hydroxylation sites is 1. The number of hydrogen-bond acceptors (Lipinski definition) is 6. The van der Waals surface area contributed by atoms with E-state index in [2.05, 4.69) is 21.3 Å². The highest BCUT2D eigenvalue weighted by Gasteiger charge is 2.36. The molecule has 1 amide bonds. The van der Waals surface area contributed by atoms with Gasteiger partial charge in [0.05, 0.1) is 17.2 Å². The Kier molecular flexibility index (Phi) is 3.71. The number of nitrogens with zero attached hydrogens (tertiary/aromatic N) is 2. The van der Waals surface area contributed by atoms with Crippen LogP contribution in [0.1, 0.15) is 18.4 Å². The first-order chi connectivity index (χ1) is 11.5. The smallest absolute Gasteiger partial charge is 0.408 e. The van der Waals surface area contributed by atoms with Gasteiger partial charge in [0, 0.05) is 25.6 Å². The van der Waals surface area contributed by atoms with E-state index < -0.39 is 15.9 Å². The van der Waals surface area contributed by atoms with E-state index in [1.165, 1.54) is 5.56 Å². The highest BCUT2D eigenvalue weighted by Crippen LogP contribution is 2.31. The molecular formula is C16H19N3O4S. The maximum Gasteiger partial charge on any atom is 0.408 e. The van der Waals surface area contributed by atoms with Gasteiger partial charge in [0.2, 0.25) is 0 Å². The van der Waals surface area contributed by atoms with E-state index in [9.17, 15) is 13.2 Å². The molecule has 24 heavy (non-hydrogen) atoms. The first-order valence-corrected chi connectivity index (χ1v) is 9.91. The molecule has 3 aliphatic rings. The molecular weight excluding hydrogens is 330 g/mol. The summed E-state index contributed by atoms with van der Waals surface area (Å²) < 4.78 is 28.4. The molecule has 2 fully saturated rings. The van der Waals surface area contributed by atoms with Gasteiger partial charge in [0.25, 0.3) is 0 Å². The van der Waals surface area contributed by atoms with Gasteiger partial charge in [-0.1, -0.05) is 18.2 Å². The van der Waals surface area contributed by atoms with Crippen molar-refractivity contribution < 1.29 is 17.9 Å². The monoisotopic (exact) mass is 349 g/mol. The Morgan fingerprint density at radius 2 is 2.12 bits per heavy atom. The van der Waals surface area contributed by atoms with Gasteiger partial charge in [-0.3, -0.25) is 0 Å². The Hall–Kier alpha value is -2.09. The van der Waals surface area contributed by atoms with Crippen LogP contribution in [0.5, 0.6) is 0 Å². The van der Waals surface area contributed by atoms with E-state index in [-0.39, 0.29) is 23.7 Å². The molecule has 0 saturated carbocycles. The Morgan fingerprint density at radius 3 is 2.92 bits per heavy atom. The van der Waals surface area contributed by atoms with Gasteiger partial charge in [-0.2, -0.15) is 0 Å². The summed E-state index contributed by atoms with van der Waals surface area (Å²) in [6.45, 7) is 1.57. The summed E-state index contributed by atoms with van der Waals surface area (Å²) in [6.07, 6.45) is 0.202. The zero-order chi connectivity index (χ0) is 16.7. The molecule has 0 bridgehead atoms. The second kappa shape index (κ2) is 5.77. The summed E-state index contributed by atoms with van der Waals surface area (Å²) in [5.74, 6) is 0.897. The van der Waals surface area contributed by atoms with Gasteiger partial charge in [0.1, 0.15) is 5.84 Å². The fourth-order valence-electron chi connectivity index (χ4n) is 3.46. The van der Waals surface area contributed by atoms with Crippen molar-refractivity contribution in [1.29, 1.82) is 0 Å². The van der Waals surface area contributed by atoms with Crippen LogP contribution in [0, 0.1) is 0 Å². The van der Waals surface area contributed by atoms with Gasteiger partial charge in [0.15, 0.2) is 15.9 Å². The number of ether oxygens (including phenoxy) is 1. The van der Waals surface area contributed by atoms with Crippen molar-refractivity contribution in [3.63, 3.8) is 0 Å². The van der Waals surface area contributed by atoms with Crippen molar-refractivity contribution in [3.8, 4) is 0 Å². The third-order valence-corrected chi connectivity index (χ3v) is 6.43. The molecule has 128 valence electrons. The number of alkyl carbamates (subject to hydrolysis) is 1. The van der Waals surface area contributed by atoms with Crippen molar-refractivity contribution in [2.75, 3.05) is 18.1 Å². The van der Waals surface area contributed by atoms with Gasteiger partial charge < -0.3 is 15.0 Å². The number of amidine groups is 1. The number of fused-ring (bicyclic) bond motifs is 2. The minimum Gasteiger partial charge on any atom is -0.438 e. The number of amides is 1. The molecule has 0 spiro atoms. The number of hydrogen-bond donors (Lipinski definition) is 1. The molecule has 1 aromatic rings. The maximum atomic E-state index is 12.1. The van der Waals surface area contributed by atoms with Crippen molar-refractivity contribution in [2.45, 2.75) is 31.5 Å². The van der Waals surface area contributed by atoms with Gasteiger partial charge in [-0.05, 0) is 18.1 Å². The highest BCUT2D eigenvalue weighted by atomic mass is 32.2. The summed E-state index contributed by atoms with van der Waals surface area (Å²) in [7, 11) is -3.02. The predicted octanol–water partition coefficient (Wildman–Crippen LogP) is 1.22. The molecule has 3 aliphatic heterocycles. The zero-order valence-electron chi connectivity index (χ0n) is 13.1. The van der Waals surface area contributed by atoms with Crippen molar-refractivity contribution >= 4 is 27.5 Å². The molecule has 3 heterocycles. The highest BCUT2D eigenvalue weighted by molar-refractivity contribution is 7.91. The Balaban J connectivity index is 1.42. The second-order valence-electron chi connectivity index (χ2n) is 6.45. The average molecular weight is 349 g/mol. The van der Waals surface area contributed by atoms with Crippen LogP contribution >= 0.6 is 0 Å². The fraction of sp³-hybridized carbons (Fsp3) is 0.500. The number of carbonyl (C=O) groups is 1. The lowest BCUT2D eigenvalue weighted by molar-refractivity contribution is 0.125. The van der Waals surface area contributed by atoms with Crippen molar-refractivity contribution in [2.24, 2.45) is 4.99 Å². The predicted molar refractivity (Wildman–Crippen MR) is 89.0 cm³/mol. The van der Waals surface area contributed by atoms with Gasteiger partial charge in [-0.25, -0.2) is 18.2 Å². The molecule has 4 rings (SSSR count). The van der Waals surface area contributed by atoms with E-state index >= 15 is 0 Å². The molecule has 7 nitrogen and oxygen atoms in total. The van der Waals surface area contributed by atoms with E-state index in [1.807, 2.05) is 18.2 Å². The number of sulfone groups is 1. The summed E-state index contributed by atoms with van der Waals surface area (Å²) in [4.78, 5) is 18.8. The first-order valence-electron chi connectivity index (χ1n) is 8.09. The molecule has 1 N–H and O–H groups in total. The summed E-state index contributed by atoms with van der Waals surface area (Å²) in [5, 5.41) is 2.66. The number of aliphatic imine (C=N–C) groups is 1. The number of carbonyl (C=O) groups excluding carboxylic acids is 1. The van der Waals surface area contributed by atoms with E-state index in [1.54, 1.807) is 0 Å². The van der Waals surface area contributed by atoms with Crippen LogP contribution in [0.2, 0.25) is 0 Å². The van der Waals surface area contributed by atoms with E-state index in [0.717, 1.165) is 24.6 Å². The van der Waals surface area contributed by atoms with E-state index in [0.29, 0.717) is 12.8 Å². The molecule has 0 unspecified atom stereocenters. The summed E-state index contributed by atoms with van der Waals surface area (Å²) in [6, 6.07) is 7.59. The van der Waals surface area contributed by atoms with Crippen LogP contribution in [-0.4, -0.2) is 55.4 Å². The van der Waals surface area contributed by atoms with Crippen molar-refractivity contribution in [3.05, 3.63) is 29.8 Å². The van der Waals surface area contributed by atoms with Crippen LogP contribution in [0.4, 0.5) is 10.5 Å². The van der Waals surface area contributed by atoms with Gasteiger partial charge in [-0.15, -0.1) is 0 Å². The standard InChI is InChI=1S/C16H19N3O4S/c20-16(17-12-6-8-24(21,22)10-12)23-14-5-7-19-9-11-3-1-2-4-13(11)18-15(14)19/h1-4,12,14H,5-10H2,(H,17,20)/t12-,14+/m0/s1. The molecule has 0 aromatic heterocycles. The summed E-state index contributed by atoms with van der Waals surface area (Å²) in [5.41, 5.74) is 2.09. The number of nitrogens with one attached hydrogen (secondary N) is 1. The maximum absolute atomic E-state index is 12.1. The lowest BCUT2D eigenvalue weighted by atomic mass is 10.1. The lowest BCUT2D eigenvalue weighted by Gasteiger charge is -2.26. The molecule has 1 aromatic carbocycles. The normalized spacial score (nSPS) is 27.2. The Labute approximate surface area is 140 Å². The lowest BCUT2D eigenvalue weighted by Crippen LogP contribution is -2.40. The quantitative estimate of drug-likeness (QED) is 0.867. The Bertz CT molecular complexity index is 805. The Morgan fingerprint density at radius 1 is 1.29 bits per heavy atom. The van der Waals surface area contributed by atoms with Crippen molar-refractivity contribution in [1.82, 2.24) is 10.2 Å². The third-order valence-electron chi connectivity index (χ3n) is 4.66. The van der Waals surface area contributed by atoms with Crippen LogP contribution in [0.3, 0.4) is 0 Å². The van der Waals surface area contributed by atoms with Crippen LogP contribution in [-0.2, 0) is 21.1 Å².